The summed E-state index contributed by atoms with van der Waals surface area (Å²) in [7, 11) is 0. The fourth-order valence-electron chi connectivity index (χ4n) is 1.48. The van der Waals surface area contributed by atoms with Crippen molar-refractivity contribution in [3.8, 4) is 11.5 Å². The molecule has 0 aliphatic carbocycles. The minimum absolute atomic E-state index is 0.214. The molecule has 21 heavy (non-hydrogen) atoms. The van der Waals surface area contributed by atoms with E-state index in [0.29, 0.717) is 16.3 Å². The SMILES string of the molecule is CC(=O)O.CC(=O)O.Cc1cc(O)c2ccccc2c1O. The van der Waals surface area contributed by atoms with Crippen LogP contribution >= 0.6 is 0 Å². The van der Waals surface area contributed by atoms with Crippen molar-refractivity contribution < 1.29 is 30.0 Å². The molecule has 0 unspecified atom stereocenters. The van der Waals surface area contributed by atoms with Gasteiger partial charge < -0.3 is 20.4 Å². The van der Waals surface area contributed by atoms with Crippen molar-refractivity contribution in [1.82, 2.24) is 0 Å². The highest BCUT2D eigenvalue weighted by atomic mass is 16.4. The average Bonchev–Trinajstić information content (AvgIpc) is 2.35. The molecule has 0 aliphatic rings. The highest BCUT2D eigenvalue weighted by Gasteiger charge is 2.06. The van der Waals surface area contributed by atoms with Crippen molar-refractivity contribution in [2.75, 3.05) is 0 Å². The molecule has 0 amide bonds. The largest absolute Gasteiger partial charge is 0.507 e. The summed E-state index contributed by atoms with van der Waals surface area (Å²) < 4.78 is 0. The summed E-state index contributed by atoms with van der Waals surface area (Å²) >= 11 is 0. The summed E-state index contributed by atoms with van der Waals surface area (Å²) in [5, 5.41) is 35.5. The Kier molecular flexibility index (Phi) is 7.31. The molecule has 2 aromatic carbocycles. The standard InChI is InChI=1S/C11H10O2.2C2H4O2/c1-7-6-10(12)8-4-2-3-5-9(8)11(7)13;2*1-2(3)4/h2-6,12-13H,1H3;2*1H3,(H,3,4). The monoisotopic (exact) mass is 294 g/mol. The predicted molar refractivity (Wildman–Crippen MR) is 78.6 cm³/mol. The van der Waals surface area contributed by atoms with Crippen LogP contribution < -0.4 is 0 Å². The predicted octanol–water partition coefficient (Wildman–Crippen LogP) is 2.74. The third-order valence-electron chi connectivity index (χ3n) is 2.18. The van der Waals surface area contributed by atoms with E-state index in [0.717, 1.165) is 13.8 Å². The van der Waals surface area contributed by atoms with Crippen molar-refractivity contribution in [3.63, 3.8) is 0 Å². The molecule has 6 nitrogen and oxygen atoms in total. The number of benzene rings is 2. The molecule has 0 spiro atoms. The number of aromatic hydroxyl groups is 2. The number of fused-ring (bicyclic) bond motifs is 1. The second kappa shape index (κ2) is 8.42. The van der Waals surface area contributed by atoms with Crippen LogP contribution in [0.3, 0.4) is 0 Å². The molecular formula is C15H18O6. The summed E-state index contributed by atoms with van der Waals surface area (Å²) in [4.78, 5) is 18.0. The van der Waals surface area contributed by atoms with Gasteiger partial charge in [0.1, 0.15) is 11.5 Å². The van der Waals surface area contributed by atoms with E-state index >= 15 is 0 Å². The number of rotatable bonds is 0. The van der Waals surface area contributed by atoms with Crippen LogP contribution in [0.4, 0.5) is 0 Å². The van der Waals surface area contributed by atoms with E-state index < -0.39 is 11.9 Å². The molecule has 0 aromatic heterocycles. The topological polar surface area (TPSA) is 115 Å². The highest BCUT2D eigenvalue weighted by molar-refractivity contribution is 5.93. The zero-order valence-corrected chi connectivity index (χ0v) is 12.0. The Morgan fingerprint density at radius 1 is 0.905 bits per heavy atom. The Labute approximate surface area is 121 Å². The van der Waals surface area contributed by atoms with E-state index in [9.17, 15) is 10.2 Å². The van der Waals surface area contributed by atoms with Gasteiger partial charge in [0.25, 0.3) is 11.9 Å². The van der Waals surface area contributed by atoms with Crippen molar-refractivity contribution in [2.24, 2.45) is 0 Å². The van der Waals surface area contributed by atoms with E-state index in [4.69, 9.17) is 19.8 Å². The van der Waals surface area contributed by atoms with Crippen LogP contribution in [0.1, 0.15) is 19.4 Å². The van der Waals surface area contributed by atoms with Crippen LogP contribution in [0.2, 0.25) is 0 Å². The Balaban J connectivity index is 0.000000421. The first-order valence-electron chi connectivity index (χ1n) is 5.96. The number of phenolic OH excluding ortho intramolecular Hbond substituents is 2. The number of aryl methyl sites for hydroxylation is 1. The number of hydrogen-bond donors (Lipinski definition) is 4. The third kappa shape index (κ3) is 6.81. The van der Waals surface area contributed by atoms with Crippen molar-refractivity contribution in [1.29, 1.82) is 0 Å². The lowest BCUT2D eigenvalue weighted by Crippen LogP contribution is -1.79. The normalized spacial score (nSPS) is 8.90. The highest BCUT2D eigenvalue weighted by Crippen LogP contribution is 2.34. The maximum atomic E-state index is 9.67. The molecule has 2 aromatic rings. The average molecular weight is 294 g/mol. The summed E-state index contributed by atoms with van der Waals surface area (Å²) in [5.41, 5.74) is 0.691. The quantitative estimate of drug-likeness (QED) is 0.555. The first-order chi connectivity index (χ1) is 9.66. The van der Waals surface area contributed by atoms with Gasteiger partial charge in [-0.05, 0) is 18.6 Å². The smallest absolute Gasteiger partial charge is 0.300 e. The number of carbonyl (C=O) groups is 2. The van der Waals surface area contributed by atoms with Gasteiger partial charge in [0.05, 0.1) is 0 Å². The summed E-state index contributed by atoms with van der Waals surface area (Å²) in [6.07, 6.45) is 0. The van der Waals surface area contributed by atoms with Gasteiger partial charge in [0.2, 0.25) is 0 Å². The fraction of sp³-hybridized carbons (Fsp3) is 0.200. The lowest BCUT2D eigenvalue weighted by Gasteiger charge is -2.05. The van der Waals surface area contributed by atoms with Gasteiger partial charge in [-0.3, -0.25) is 9.59 Å². The van der Waals surface area contributed by atoms with Crippen molar-refractivity contribution in [3.05, 3.63) is 35.9 Å². The zero-order chi connectivity index (χ0) is 16.6. The summed E-state index contributed by atoms with van der Waals surface area (Å²) in [6.45, 7) is 3.93. The first-order valence-corrected chi connectivity index (χ1v) is 5.96. The van der Waals surface area contributed by atoms with Crippen LogP contribution in [0, 0.1) is 6.92 Å². The molecule has 0 saturated heterocycles. The van der Waals surface area contributed by atoms with Gasteiger partial charge in [-0.1, -0.05) is 24.3 Å². The van der Waals surface area contributed by atoms with E-state index in [1.165, 1.54) is 0 Å². The molecule has 4 N–H and O–H groups in total. The summed E-state index contributed by atoms with van der Waals surface area (Å²) in [5.74, 6) is -1.21. The Bertz CT molecular complexity index is 613. The van der Waals surface area contributed by atoms with Gasteiger partial charge in [-0.2, -0.15) is 0 Å². The molecular weight excluding hydrogens is 276 g/mol. The van der Waals surface area contributed by atoms with Crippen molar-refractivity contribution >= 4 is 22.7 Å². The van der Waals surface area contributed by atoms with E-state index in [1.807, 2.05) is 12.1 Å². The molecule has 0 atom stereocenters. The van der Waals surface area contributed by atoms with Crippen LogP contribution in [-0.4, -0.2) is 32.4 Å². The maximum Gasteiger partial charge on any atom is 0.300 e. The molecule has 0 bridgehead atoms. The molecule has 6 heteroatoms. The van der Waals surface area contributed by atoms with E-state index in [2.05, 4.69) is 0 Å². The minimum Gasteiger partial charge on any atom is -0.507 e. The fourth-order valence-corrected chi connectivity index (χ4v) is 1.48. The van der Waals surface area contributed by atoms with Crippen LogP contribution in [0.25, 0.3) is 10.8 Å². The second-order valence-corrected chi connectivity index (χ2v) is 4.14. The van der Waals surface area contributed by atoms with E-state index in [1.54, 1.807) is 25.1 Å². The number of aliphatic carboxylic acids is 2. The van der Waals surface area contributed by atoms with Gasteiger partial charge in [0.15, 0.2) is 0 Å². The van der Waals surface area contributed by atoms with Gasteiger partial charge in [-0.25, -0.2) is 0 Å². The molecule has 0 aliphatic heterocycles. The zero-order valence-electron chi connectivity index (χ0n) is 12.0. The Hall–Kier alpha value is -2.76. The van der Waals surface area contributed by atoms with Crippen LogP contribution in [0.5, 0.6) is 11.5 Å². The Morgan fingerprint density at radius 3 is 1.71 bits per heavy atom. The summed E-state index contributed by atoms with van der Waals surface area (Å²) in [6, 6.07) is 8.80. The number of hydrogen-bond acceptors (Lipinski definition) is 4. The van der Waals surface area contributed by atoms with Gasteiger partial charge >= 0.3 is 0 Å². The second-order valence-electron chi connectivity index (χ2n) is 4.14. The van der Waals surface area contributed by atoms with Crippen LogP contribution in [-0.2, 0) is 9.59 Å². The molecule has 0 heterocycles. The third-order valence-corrected chi connectivity index (χ3v) is 2.18. The van der Waals surface area contributed by atoms with Gasteiger partial charge in [0, 0.05) is 24.6 Å². The van der Waals surface area contributed by atoms with Gasteiger partial charge in [-0.15, -0.1) is 0 Å². The molecule has 0 saturated carbocycles. The lowest BCUT2D eigenvalue weighted by molar-refractivity contribution is -0.135. The Morgan fingerprint density at radius 2 is 1.29 bits per heavy atom. The van der Waals surface area contributed by atoms with Crippen LogP contribution in [0.15, 0.2) is 30.3 Å². The van der Waals surface area contributed by atoms with E-state index in [-0.39, 0.29) is 11.5 Å². The number of carboxylic acids is 2. The molecule has 0 fully saturated rings. The number of phenols is 2. The van der Waals surface area contributed by atoms with Crippen molar-refractivity contribution in [2.45, 2.75) is 20.8 Å². The first kappa shape index (κ1) is 18.2. The molecule has 2 rings (SSSR count). The lowest BCUT2D eigenvalue weighted by atomic mass is 10.1. The minimum atomic E-state index is -0.833. The molecule has 114 valence electrons. The number of carboxylic acid groups (broad SMARTS) is 2. The maximum absolute atomic E-state index is 9.67. The molecule has 0 radical (unpaired) electrons.